The number of nitrogens with zero attached hydrogens (tertiary/aromatic N) is 2. The molecule has 1 aliphatic heterocycles. The van der Waals surface area contributed by atoms with Gasteiger partial charge in [-0.05, 0) is 30.3 Å². The summed E-state index contributed by atoms with van der Waals surface area (Å²) < 4.78 is 32.2. The van der Waals surface area contributed by atoms with Crippen molar-refractivity contribution in [3.63, 3.8) is 0 Å². The fraction of sp³-hybridized carbons (Fsp3) is 0.200. The van der Waals surface area contributed by atoms with E-state index in [2.05, 4.69) is 10.3 Å². The normalized spacial score (nSPS) is 14.6. The average molecular weight is 368 g/mol. The van der Waals surface area contributed by atoms with E-state index in [-0.39, 0.29) is 34.6 Å². The SMILES string of the molecule is COc1ccc(S(=O)(=O)N2CCC(=O)Nc3cccnc32)cc1Cl. The topological polar surface area (TPSA) is 88.6 Å². The fourth-order valence-electron chi connectivity index (χ4n) is 2.38. The second-order valence-corrected chi connectivity index (χ2v) is 7.32. The Bertz CT molecular complexity index is 901. The van der Waals surface area contributed by atoms with Gasteiger partial charge in [-0.3, -0.25) is 4.79 Å². The minimum absolute atomic E-state index is 0.000693. The summed E-state index contributed by atoms with van der Waals surface area (Å²) in [5, 5.41) is 2.84. The molecule has 9 heteroatoms. The second-order valence-electron chi connectivity index (χ2n) is 5.05. The Labute approximate surface area is 144 Å². The molecule has 1 aromatic carbocycles. The number of fused-ring (bicyclic) bond motifs is 1. The van der Waals surface area contributed by atoms with Crippen LogP contribution in [-0.4, -0.2) is 33.0 Å². The number of hydrogen-bond acceptors (Lipinski definition) is 5. The van der Waals surface area contributed by atoms with Crippen LogP contribution in [0.3, 0.4) is 0 Å². The van der Waals surface area contributed by atoms with Gasteiger partial charge in [-0.15, -0.1) is 0 Å². The van der Waals surface area contributed by atoms with E-state index in [1.165, 1.54) is 31.5 Å². The van der Waals surface area contributed by atoms with Crippen molar-refractivity contribution >= 4 is 39.0 Å². The van der Waals surface area contributed by atoms with Crippen molar-refractivity contribution in [3.05, 3.63) is 41.6 Å². The summed E-state index contributed by atoms with van der Waals surface area (Å²) in [6.45, 7) is -0.0121. The van der Waals surface area contributed by atoms with Gasteiger partial charge in [0.15, 0.2) is 5.82 Å². The van der Waals surface area contributed by atoms with Crippen LogP contribution in [0.5, 0.6) is 5.75 Å². The van der Waals surface area contributed by atoms with E-state index in [9.17, 15) is 13.2 Å². The number of aromatic nitrogens is 1. The molecule has 0 saturated carbocycles. The monoisotopic (exact) mass is 367 g/mol. The number of halogens is 1. The summed E-state index contributed by atoms with van der Waals surface area (Å²) in [5.41, 5.74) is 0.350. The Balaban J connectivity index is 2.09. The number of carbonyl (C=O) groups excluding carboxylic acids is 1. The maximum atomic E-state index is 13.0. The Morgan fingerprint density at radius 1 is 1.33 bits per heavy atom. The molecule has 0 fully saturated rings. The van der Waals surface area contributed by atoms with E-state index in [4.69, 9.17) is 16.3 Å². The van der Waals surface area contributed by atoms with Gasteiger partial charge < -0.3 is 10.1 Å². The minimum atomic E-state index is -3.93. The first-order valence-corrected chi connectivity index (χ1v) is 8.86. The summed E-state index contributed by atoms with van der Waals surface area (Å²) in [4.78, 5) is 15.9. The molecule has 24 heavy (non-hydrogen) atoms. The minimum Gasteiger partial charge on any atom is -0.495 e. The third-order valence-corrected chi connectivity index (χ3v) is 5.63. The average Bonchev–Trinajstić information content (AvgIpc) is 2.73. The quantitative estimate of drug-likeness (QED) is 0.899. The molecule has 0 aliphatic carbocycles. The number of amides is 1. The van der Waals surface area contributed by atoms with Crippen molar-refractivity contribution in [3.8, 4) is 5.75 Å². The molecule has 2 aromatic rings. The number of benzene rings is 1. The Kier molecular flexibility index (Phi) is 4.33. The van der Waals surface area contributed by atoms with Crippen molar-refractivity contribution in [2.75, 3.05) is 23.3 Å². The van der Waals surface area contributed by atoms with Gasteiger partial charge in [-0.2, -0.15) is 0 Å². The van der Waals surface area contributed by atoms with Crippen LogP contribution in [0.2, 0.25) is 5.02 Å². The van der Waals surface area contributed by atoms with E-state index < -0.39 is 10.0 Å². The molecule has 0 bridgehead atoms. The van der Waals surface area contributed by atoms with Crippen LogP contribution in [0.4, 0.5) is 11.5 Å². The highest BCUT2D eigenvalue weighted by Gasteiger charge is 2.31. The van der Waals surface area contributed by atoms with Crippen LogP contribution in [0.15, 0.2) is 41.4 Å². The van der Waals surface area contributed by atoms with Crippen LogP contribution >= 0.6 is 11.6 Å². The Morgan fingerprint density at radius 2 is 2.12 bits per heavy atom. The molecule has 7 nitrogen and oxygen atoms in total. The van der Waals surface area contributed by atoms with E-state index in [1.807, 2.05) is 0 Å². The van der Waals surface area contributed by atoms with Gasteiger partial charge in [0.05, 0.1) is 22.7 Å². The van der Waals surface area contributed by atoms with Crippen molar-refractivity contribution in [1.29, 1.82) is 0 Å². The van der Waals surface area contributed by atoms with Crippen molar-refractivity contribution in [1.82, 2.24) is 4.98 Å². The second kappa shape index (κ2) is 6.29. The first kappa shape index (κ1) is 16.5. The van der Waals surface area contributed by atoms with Gasteiger partial charge in [-0.25, -0.2) is 17.7 Å². The zero-order valence-electron chi connectivity index (χ0n) is 12.7. The largest absolute Gasteiger partial charge is 0.495 e. The number of sulfonamides is 1. The Hall–Kier alpha value is -2.32. The van der Waals surface area contributed by atoms with E-state index in [0.717, 1.165) is 4.31 Å². The van der Waals surface area contributed by atoms with Gasteiger partial charge in [-0.1, -0.05) is 11.6 Å². The third kappa shape index (κ3) is 2.90. The van der Waals surface area contributed by atoms with Crippen LogP contribution in [0.25, 0.3) is 0 Å². The van der Waals surface area contributed by atoms with E-state index in [1.54, 1.807) is 12.1 Å². The molecule has 3 rings (SSSR count). The van der Waals surface area contributed by atoms with Crippen LogP contribution in [0.1, 0.15) is 6.42 Å². The lowest BCUT2D eigenvalue weighted by Crippen LogP contribution is -2.32. The molecule has 2 heterocycles. The maximum absolute atomic E-state index is 13.0. The molecule has 1 amide bonds. The predicted octanol–water partition coefficient (Wildman–Crippen LogP) is 2.28. The fourth-order valence-corrected chi connectivity index (χ4v) is 4.17. The molecule has 0 atom stereocenters. The lowest BCUT2D eigenvalue weighted by Gasteiger charge is -2.22. The molecule has 0 radical (unpaired) electrons. The summed E-state index contributed by atoms with van der Waals surface area (Å²) in [6, 6.07) is 7.44. The number of anilines is 2. The van der Waals surface area contributed by atoms with Gasteiger partial charge >= 0.3 is 0 Å². The molecule has 1 aromatic heterocycles. The smallest absolute Gasteiger partial charge is 0.265 e. The molecule has 1 aliphatic rings. The summed E-state index contributed by atoms with van der Waals surface area (Å²) in [6.07, 6.45) is 1.50. The van der Waals surface area contributed by atoms with Crippen molar-refractivity contribution < 1.29 is 17.9 Å². The highest BCUT2D eigenvalue weighted by molar-refractivity contribution is 7.92. The highest BCUT2D eigenvalue weighted by atomic mass is 35.5. The number of hydrogen-bond donors (Lipinski definition) is 1. The van der Waals surface area contributed by atoms with Crippen LogP contribution < -0.4 is 14.4 Å². The van der Waals surface area contributed by atoms with Gasteiger partial charge in [0.1, 0.15) is 5.75 Å². The van der Waals surface area contributed by atoms with Gasteiger partial charge in [0.25, 0.3) is 10.0 Å². The van der Waals surface area contributed by atoms with E-state index >= 15 is 0 Å². The zero-order valence-corrected chi connectivity index (χ0v) is 14.3. The summed E-state index contributed by atoms with van der Waals surface area (Å²) in [5.74, 6) is 0.284. The molecule has 1 N–H and O–H groups in total. The zero-order chi connectivity index (χ0) is 17.3. The molecule has 0 spiro atoms. The number of carbonyl (C=O) groups is 1. The maximum Gasteiger partial charge on any atom is 0.265 e. The van der Waals surface area contributed by atoms with Crippen molar-refractivity contribution in [2.24, 2.45) is 0 Å². The predicted molar refractivity (Wildman–Crippen MR) is 90.0 cm³/mol. The van der Waals surface area contributed by atoms with E-state index in [0.29, 0.717) is 11.4 Å². The lowest BCUT2D eigenvalue weighted by molar-refractivity contribution is -0.115. The molecule has 0 unspecified atom stereocenters. The summed E-state index contributed by atoms with van der Waals surface area (Å²) in [7, 11) is -2.49. The first-order chi connectivity index (χ1) is 11.4. The highest BCUT2D eigenvalue weighted by Crippen LogP contribution is 2.33. The van der Waals surface area contributed by atoms with Crippen LogP contribution in [0, 0.1) is 0 Å². The number of ether oxygens (including phenoxy) is 1. The van der Waals surface area contributed by atoms with Crippen molar-refractivity contribution in [2.45, 2.75) is 11.3 Å². The third-order valence-electron chi connectivity index (χ3n) is 3.55. The molecule has 126 valence electrons. The standard InChI is InChI=1S/C15H14ClN3O4S/c1-23-13-5-4-10(9-11(13)16)24(21,22)19-8-6-14(20)18-12-3-2-7-17-15(12)19/h2-5,7,9H,6,8H2,1H3,(H,18,20). The first-order valence-electron chi connectivity index (χ1n) is 7.04. The van der Waals surface area contributed by atoms with Crippen LogP contribution in [-0.2, 0) is 14.8 Å². The van der Waals surface area contributed by atoms with Gasteiger partial charge in [0, 0.05) is 19.2 Å². The number of pyridine rings is 1. The number of methoxy groups -OCH3 is 1. The summed E-state index contributed by atoms with van der Waals surface area (Å²) >= 11 is 6.04. The molecular weight excluding hydrogens is 354 g/mol. The Morgan fingerprint density at radius 3 is 2.83 bits per heavy atom. The lowest BCUT2D eigenvalue weighted by atomic mass is 10.3. The number of nitrogens with one attached hydrogen (secondary N) is 1. The molecule has 0 saturated heterocycles. The van der Waals surface area contributed by atoms with Gasteiger partial charge in [0.2, 0.25) is 5.91 Å². The number of rotatable bonds is 3. The molecular formula is C15H14ClN3O4S.